The van der Waals surface area contributed by atoms with Gasteiger partial charge in [-0.25, -0.2) is 0 Å². The minimum Gasteiger partial charge on any atom is -0.374 e. The quantitative estimate of drug-likeness (QED) is 0.651. The van der Waals surface area contributed by atoms with E-state index in [2.05, 4.69) is 35.9 Å². The average Bonchev–Trinajstić information content (AvgIpc) is 2.63. The van der Waals surface area contributed by atoms with Crippen molar-refractivity contribution in [3.63, 3.8) is 0 Å². The van der Waals surface area contributed by atoms with E-state index >= 15 is 0 Å². The van der Waals surface area contributed by atoms with Crippen LogP contribution in [0.4, 0.5) is 17.1 Å². The van der Waals surface area contributed by atoms with Gasteiger partial charge in [0.25, 0.3) is 0 Å². The van der Waals surface area contributed by atoms with E-state index in [1.165, 1.54) is 6.92 Å². The number of anilines is 3. The van der Waals surface area contributed by atoms with E-state index in [1.54, 1.807) is 0 Å². The second-order valence-electron chi connectivity index (χ2n) is 6.96. The summed E-state index contributed by atoms with van der Waals surface area (Å²) in [6.07, 6.45) is 1.01. The molecule has 0 fully saturated rings. The van der Waals surface area contributed by atoms with Gasteiger partial charge in [0.1, 0.15) is 6.04 Å². The molecule has 0 aliphatic heterocycles. The second-order valence-corrected chi connectivity index (χ2v) is 6.96. The molecule has 0 aromatic heterocycles. The van der Waals surface area contributed by atoms with Crippen LogP contribution in [0.2, 0.25) is 0 Å². The van der Waals surface area contributed by atoms with Gasteiger partial charge in [-0.3, -0.25) is 9.59 Å². The molecule has 0 saturated heterocycles. The Balaban J connectivity index is 2.06. The Labute approximate surface area is 161 Å². The monoisotopic (exact) mass is 367 g/mol. The number of hydrogen-bond donors (Lipinski definition) is 3. The third-order valence-electron chi connectivity index (χ3n) is 4.68. The fourth-order valence-electron chi connectivity index (χ4n) is 2.90. The highest BCUT2D eigenvalue weighted by atomic mass is 16.2. The highest BCUT2D eigenvalue weighted by Crippen LogP contribution is 2.27. The highest BCUT2D eigenvalue weighted by molar-refractivity contribution is 5.97. The van der Waals surface area contributed by atoms with Gasteiger partial charge in [-0.05, 0) is 61.6 Å². The Kier molecular flexibility index (Phi) is 6.99. The van der Waals surface area contributed by atoms with Crippen LogP contribution in [0.25, 0.3) is 0 Å². The molecule has 5 nitrogen and oxygen atoms in total. The molecule has 2 aromatic rings. The lowest BCUT2D eigenvalue weighted by Gasteiger charge is -2.19. The molecule has 0 bridgehead atoms. The highest BCUT2D eigenvalue weighted by Gasteiger charge is 2.16. The summed E-state index contributed by atoms with van der Waals surface area (Å²) in [6, 6.07) is 13.1. The van der Waals surface area contributed by atoms with Crippen LogP contribution in [0.5, 0.6) is 0 Å². The second kappa shape index (κ2) is 9.21. The van der Waals surface area contributed by atoms with Gasteiger partial charge < -0.3 is 16.0 Å². The number of carbonyl (C=O) groups excluding carboxylic acids is 2. The summed E-state index contributed by atoms with van der Waals surface area (Å²) in [6.45, 7) is 9.53. The fraction of sp³-hybridized carbons (Fsp3) is 0.364. The molecule has 0 aliphatic rings. The molecule has 2 aromatic carbocycles. The number of carbonyl (C=O) groups is 2. The van der Waals surface area contributed by atoms with Crippen molar-refractivity contribution in [2.24, 2.45) is 0 Å². The first-order chi connectivity index (χ1) is 12.8. The number of nitrogens with one attached hydrogen (secondary N) is 3. The van der Waals surface area contributed by atoms with Crippen molar-refractivity contribution in [2.75, 3.05) is 16.0 Å². The van der Waals surface area contributed by atoms with Crippen molar-refractivity contribution in [3.05, 3.63) is 53.6 Å². The van der Waals surface area contributed by atoms with Crippen molar-refractivity contribution in [1.82, 2.24) is 0 Å². The summed E-state index contributed by atoms with van der Waals surface area (Å²) in [5.74, 6) is 0.189. The maximum Gasteiger partial charge on any atom is 0.246 e. The molecule has 0 heterocycles. The van der Waals surface area contributed by atoms with E-state index in [1.807, 2.05) is 50.2 Å². The van der Waals surface area contributed by atoms with Crippen LogP contribution < -0.4 is 16.0 Å². The first-order valence-electron chi connectivity index (χ1n) is 9.36. The minimum atomic E-state index is -0.402. The van der Waals surface area contributed by atoms with E-state index in [0.717, 1.165) is 34.6 Å². The Morgan fingerprint density at radius 2 is 1.70 bits per heavy atom. The van der Waals surface area contributed by atoms with Gasteiger partial charge in [0.15, 0.2) is 0 Å². The zero-order valence-corrected chi connectivity index (χ0v) is 16.7. The number of para-hydroxylation sites is 1. The molecule has 2 rings (SSSR count). The SMILES string of the molecule is CC[C@H](C)c1ccccc1NC(=O)[C@@H](C)Nc1ccc(NC(C)=O)c(C)c1. The molecule has 0 saturated carbocycles. The summed E-state index contributed by atoms with van der Waals surface area (Å²) < 4.78 is 0. The van der Waals surface area contributed by atoms with Crippen LogP contribution >= 0.6 is 0 Å². The Hall–Kier alpha value is -2.82. The lowest BCUT2D eigenvalue weighted by Crippen LogP contribution is -2.32. The van der Waals surface area contributed by atoms with Gasteiger partial charge in [0.05, 0.1) is 0 Å². The number of aryl methyl sites for hydroxylation is 1. The molecule has 0 unspecified atom stereocenters. The molecule has 0 spiro atoms. The van der Waals surface area contributed by atoms with E-state index in [0.29, 0.717) is 5.92 Å². The van der Waals surface area contributed by atoms with Gasteiger partial charge in [-0.1, -0.05) is 32.0 Å². The first kappa shape index (κ1) is 20.5. The Bertz CT molecular complexity index is 817. The van der Waals surface area contributed by atoms with Crippen LogP contribution in [0.1, 0.15) is 51.2 Å². The first-order valence-corrected chi connectivity index (χ1v) is 9.36. The number of hydrogen-bond acceptors (Lipinski definition) is 3. The largest absolute Gasteiger partial charge is 0.374 e. The molecule has 2 atom stereocenters. The number of benzene rings is 2. The number of amides is 2. The van der Waals surface area contributed by atoms with Crippen molar-refractivity contribution < 1.29 is 9.59 Å². The summed E-state index contributed by atoms with van der Waals surface area (Å²) in [7, 11) is 0. The third-order valence-corrected chi connectivity index (χ3v) is 4.68. The predicted octanol–water partition coefficient (Wildman–Crippen LogP) is 4.91. The fourth-order valence-corrected chi connectivity index (χ4v) is 2.90. The van der Waals surface area contributed by atoms with Crippen LogP contribution in [-0.2, 0) is 9.59 Å². The summed E-state index contributed by atoms with van der Waals surface area (Å²) in [5.41, 5.74) is 4.55. The molecule has 2 amide bonds. The van der Waals surface area contributed by atoms with Crippen LogP contribution in [-0.4, -0.2) is 17.9 Å². The summed E-state index contributed by atoms with van der Waals surface area (Å²) in [5, 5.41) is 9.05. The van der Waals surface area contributed by atoms with E-state index < -0.39 is 6.04 Å². The molecule has 0 aliphatic carbocycles. The molecule has 0 radical (unpaired) electrons. The van der Waals surface area contributed by atoms with Crippen molar-refractivity contribution in [1.29, 1.82) is 0 Å². The molecule has 5 heteroatoms. The predicted molar refractivity (Wildman–Crippen MR) is 112 cm³/mol. The molecular formula is C22H29N3O2. The van der Waals surface area contributed by atoms with E-state index in [-0.39, 0.29) is 11.8 Å². The molecular weight excluding hydrogens is 338 g/mol. The number of rotatable bonds is 7. The average molecular weight is 367 g/mol. The minimum absolute atomic E-state index is 0.0886. The maximum absolute atomic E-state index is 12.6. The molecule has 27 heavy (non-hydrogen) atoms. The van der Waals surface area contributed by atoms with Gasteiger partial charge in [0.2, 0.25) is 11.8 Å². The van der Waals surface area contributed by atoms with Gasteiger partial charge in [0, 0.05) is 24.0 Å². The Morgan fingerprint density at radius 1 is 1.00 bits per heavy atom. The van der Waals surface area contributed by atoms with Gasteiger partial charge >= 0.3 is 0 Å². The lowest BCUT2D eigenvalue weighted by atomic mass is 9.97. The van der Waals surface area contributed by atoms with Gasteiger partial charge in [-0.2, -0.15) is 0 Å². The lowest BCUT2D eigenvalue weighted by molar-refractivity contribution is -0.116. The summed E-state index contributed by atoms with van der Waals surface area (Å²) >= 11 is 0. The topological polar surface area (TPSA) is 70.2 Å². The molecule has 144 valence electrons. The third kappa shape index (κ3) is 5.58. The maximum atomic E-state index is 12.6. The molecule has 3 N–H and O–H groups in total. The van der Waals surface area contributed by atoms with Crippen LogP contribution in [0.3, 0.4) is 0 Å². The van der Waals surface area contributed by atoms with Crippen molar-refractivity contribution >= 4 is 28.9 Å². The van der Waals surface area contributed by atoms with Crippen molar-refractivity contribution in [3.8, 4) is 0 Å². The van der Waals surface area contributed by atoms with Crippen LogP contribution in [0, 0.1) is 6.92 Å². The van der Waals surface area contributed by atoms with Crippen molar-refractivity contribution in [2.45, 2.75) is 53.0 Å². The normalized spacial score (nSPS) is 12.8. The Morgan fingerprint density at radius 3 is 2.33 bits per heavy atom. The smallest absolute Gasteiger partial charge is 0.246 e. The zero-order chi connectivity index (χ0) is 20.0. The summed E-state index contributed by atoms with van der Waals surface area (Å²) in [4.78, 5) is 23.9. The zero-order valence-electron chi connectivity index (χ0n) is 16.7. The van der Waals surface area contributed by atoms with E-state index in [9.17, 15) is 9.59 Å². The van der Waals surface area contributed by atoms with Gasteiger partial charge in [-0.15, -0.1) is 0 Å². The van der Waals surface area contributed by atoms with E-state index in [4.69, 9.17) is 0 Å². The standard InChI is InChI=1S/C22H29N3O2/c1-6-14(2)19-9-7-8-10-21(19)25-22(27)16(4)23-18-11-12-20(15(3)13-18)24-17(5)26/h7-14,16,23H,6H2,1-5H3,(H,24,26)(H,25,27)/t14-,16+/m0/s1. The van der Waals surface area contributed by atoms with Crippen LogP contribution in [0.15, 0.2) is 42.5 Å².